The Balaban J connectivity index is 1.73. The van der Waals surface area contributed by atoms with Gasteiger partial charge in [0, 0.05) is 27.1 Å². The summed E-state index contributed by atoms with van der Waals surface area (Å²) in [6.07, 6.45) is -0.411. The molecule has 0 saturated carbocycles. The third-order valence-corrected chi connectivity index (χ3v) is 7.13. The highest BCUT2D eigenvalue weighted by molar-refractivity contribution is 7.88. The molecule has 32 heavy (non-hydrogen) atoms. The van der Waals surface area contributed by atoms with E-state index in [1.807, 2.05) is 66.0 Å². The number of thiophene rings is 1. The van der Waals surface area contributed by atoms with E-state index >= 15 is 0 Å². The second-order valence-electron chi connectivity index (χ2n) is 7.66. The van der Waals surface area contributed by atoms with Crippen LogP contribution in [0.5, 0.6) is 11.5 Å². The van der Waals surface area contributed by atoms with Gasteiger partial charge in [0.2, 0.25) is 10.0 Å². The smallest absolute Gasteiger partial charge is 0.213 e. The van der Waals surface area contributed by atoms with Gasteiger partial charge >= 0.3 is 0 Å². The fourth-order valence-corrected chi connectivity index (χ4v) is 5.57. The Morgan fingerprint density at radius 3 is 2.59 bits per heavy atom. The molecule has 1 aromatic heterocycles. The minimum atomic E-state index is -3.66. The minimum absolute atomic E-state index is 0.232. The summed E-state index contributed by atoms with van der Waals surface area (Å²) in [6, 6.07) is 23.6. The van der Waals surface area contributed by atoms with Crippen molar-refractivity contribution in [3.8, 4) is 33.1 Å². The zero-order chi connectivity index (χ0) is 22.3. The van der Waals surface area contributed by atoms with E-state index in [1.54, 1.807) is 18.4 Å². The van der Waals surface area contributed by atoms with E-state index < -0.39 is 16.1 Å². The third-order valence-electron chi connectivity index (χ3n) is 5.49. The monoisotopic (exact) mass is 463 g/mol. The van der Waals surface area contributed by atoms with Gasteiger partial charge in [0.05, 0.1) is 12.9 Å². The molecule has 3 aromatic carbocycles. The second-order valence-corrected chi connectivity index (χ2v) is 10.2. The van der Waals surface area contributed by atoms with E-state index in [1.165, 1.54) is 0 Å². The van der Waals surface area contributed by atoms with E-state index in [9.17, 15) is 8.42 Å². The van der Waals surface area contributed by atoms with Crippen LogP contribution in [0.25, 0.3) is 21.6 Å². The zero-order valence-electron chi connectivity index (χ0n) is 17.3. The molecule has 1 aliphatic rings. The lowest BCUT2D eigenvalue weighted by atomic mass is 9.86. The van der Waals surface area contributed by atoms with Gasteiger partial charge in [-0.3, -0.25) is 0 Å². The number of hydrogen-bond donors (Lipinski definition) is 1. The summed E-state index contributed by atoms with van der Waals surface area (Å²) < 4.78 is 35.4. The molecule has 1 aliphatic heterocycles. The molecule has 7 heteroatoms. The molecule has 1 atom stereocenters. The molecule has 0 saturated heterocycles. The van der Waals surface area contributed by atoms with Crippen LogP contribution in [0.15, 0.2) is 78.2 Å². The summed E-state index contributed by atoms with van der Waals surface area (Å²) in [7, 11) is -2.03. The SMILES string of the molecule is COc1cccc(C2Oc3cccc(-c4cccs4)c3-c3ccc(CS(N)(=O)=O)cc32)c1. The van der Waals surface area contributed by atoms with E-state index in [4.69, 9.17) is 14.6 Å². The van der Waals surface area contributed by atoms with Gasteiger partial charge in [0.15, 0.2) is 0 Å². The maximum Gasteiger partial charge on any atom is 0.213 e. The first-order valence-corrected chi connectivity index (χ1v) is 12.6. The Hall–Kier alpha value is -3.13. The summed E-state index contributed by atoms with van der Waals surface area (Å²) in [5, 5.41) is 7.37. The molecule has 0 fully saturated rings. The lowest BCUT2D eigenvalue weighted by molar-refractivity contribution is 0.243. The van der Waals surface area contributed by atoms with Gasteiger partial charge in [-0.1, -0.05) is 48.5 Å². The normalized spacial score (nSPS) is 14.9. The van der Waals surface area contributed by atoms with Gasteiger partial charge in [-0.05, 0) is 40.8 Å². The summed E-state index contributed by atoms with van der Waals surface area (Å²) in [5.74, 6) is 1.28. The molecule has 1 unspecified atom stereocenters. The van der Waals surface area contributed by atoms with E-state index in [0.29, 0.717) is 5.56 Å². The number of methoxy groups -OCH3 is 1. The Morgan fingerprint density at radius 1 is 1.00 bits per heavy atom. The molecule has 0 bridgehead atoms. The molecule has 4 aromatic rings. The summed E-state index contributed by atoms with van der Waals surface area (Å²) >= 11 is 1.67. The van der Waals surface area contributed by atoms with Gasteiger partial charge < -0.3 is 9.47 Å². The fraction of sp³-hybridized carbons (Fsp3) is 0.120. The Morgan fingerprint density at radius 2 is 1.84 bits per heavy atom. The minimum Gasteiger partial charge on any atom is -0.497 e. The Labute approximate surface area is 191 Å². The maximum atomic E-state index is 11.7. The molecule has 0 amide bonds. The largest absolute Gasteiger partial charge is 0.497 e. The molecule has 5 rings (SSSR count). The van der Waals surface area contributed by atoms with Gasteiger partial charge in [-0.25, -0.2) is 13.6 Å². The van der Waals surface area contributed by atoms with Crippen LogP contribution in [0.3, 0.4) is 0 Å². The highest BCUT2D eigenvalue weighted by Crippen LogP contribution is 2.50. The number of fused-ring (bicyclic) bond motifs is 3. The van der Waals surface area contributed by atoms with Crippen molar-refractivity contribution in [2.45, 2.75) is 11.9 Å². The molecule has 0 radical (unpaired) electrons. The van der Waals surface area contributed by atoms with Crippen molar-refractivity contribution >= 4 is 21.4 Å². The summed E-state index contributed by atoms with van der Waals surface area (Å²) in [4.78, 5) is 1.14. The number of rotatable bonds is 5. The number of nitrogens with two attached hydrogens (primary N) is 1. The third kappa shape index (κ3) is 3.90. The van der Waals surface area contributed by atoms with Crippen LogP contribution in [-0.2, 0) is 15.8 Å². The number of hydrogen-bond acceptors (Lipinski definition) is 5. The highest BCUT2D eigenvalue weighted by Gasteiger charge is 2.30. The lowest BCUT2D eigenvalue weighted by Crippen LogP contribution is -2.18. The topological polar surface area (TPSA) is 78.6 Å². The summed E-state index contributed by atoms with van der Waals surface area (Å²) in [6.45, 7) is 0. The number of ether oxygens (including phenoxy) is 2. The van der Waals surface area contributed by atoms with Crippen LogP contribution < -0.4 is 14.6 Å². The molecule has 0 aliphatic carbocycles. The van der Waals surface area contributed by atoms with Crippen LogP contribution in [0.1, 0.15) is 22.8 Å². The first-order valence-electron chi connectivity index (χ1n) is 10.0. The lowest BCUT2D eigenvalue weighted by Gasteiger charge is -2.31. The van der Waals surface area contributed by atoms with E-state index in [0.717, 1.165) is 44.2 Å². The van der Waals surface area contributed by atoms with Crippen molar-refractivity contribution in [1.82, 2.24) is 0 Å². The van der Waals surface area contributed by atoms with Crippen LogP contribution in [0, 0.1) is 0 Å². The molecular formula is C25H21NO4S2. The summed E-state index contributed by atoms with van der Waals surface area (Å²) in [5.41, 5.74) is 5.55. The quantitative estimate of drug-likeness (QED) is 0.432. The van der Waals surface area contributed by atoms with Crippen LogP contribution in [0.2, 0.25) is 0 Å². The highest BCUT2D eigenvalue weighted by atomic mass is 32.2. The van der Waals surface area contributed by atoms with Crippen LogP contribution in [-0.4, -0.2) is 15.5 Å². The molecular weight excluding hydrogens is 442 g/mol. The van der Waals surface area contributed by atoms with E-state index in [-0.39, 0.29) is 5.75 Å². The van der Waals surface area contributed by atoms with Crippen LogP contribution in [0.4, 0.5) is 0 Å². The first kappa shape index (κ1) is 20.8. The average molecular weight is 464 g/mol. The molecule has 2 N–H and O–H groups in total. The fourth-order valence-electron chi connectivity index (χ4n) is 4.17. The predicted molar refractivity (Wildman–Crippen MR) is 127 cm³/mol. The molecule has 162 valence electrons. The van der Waals surface area contributed by atoms with Gasteiger partial charge in [-0.2, -0.15) is 0 Å². The van der Waals surface area contributed by atoms with Gasteiger partial charge in [0.1, 0.15) is 17.6 Å². The standard InChI is InChI=1S/C25H21NO4S2/c1-29-18-6-2-5-17(14-18)25-21-13-16(15-32(26,27)28)10-11-19(21)24-20(23-9-4-12-31-23)7-3-8-22(24)30-25/h2-14,25H,15H2,1H3,(H2,26,27,28). The average Bonchev–Trinajstić information content (AvgIpc) is 3.32. The van der Waals surface area contributed by atoms with Crippen molar-refractivity contribution in [2.75, 3.05) is 7.11 Å². The van der Waals surface area contributed by atoms with Crippen molar-refractivity contribution in [1.29, 1.82) is 0 Å². The van der Waals surface area contributed by atoms with Crippen molar-refractivity contribution in [2.24, 2.45) is 5.14 Å². The Kier molecular flexibility index (Phi) is 5.25. The Bertz CT molecular complexity index is 1400. The van der Waals surface area contributed by atoms with E-state index in [2.05, 4.69) is 12.1 Å². The first-order chi connectivity index (χ1) is 15.4. The molecule has 5 nitrogen and oxygen atoms in total. The van der Waals surface area contributed by atoms with Gasteiger partial charge in [0.25, 0.3) is 0 Å². The number of benzene rings is 3. The van der Waals surface area contributed by atoms with Crippen molar-refractivity contribution < 1.29 is 17.9 Å². The molecule has 0 spiro atoms. The molecule has 2 heterocycles. The predicted octanol–water partition coefficient (Wildman–Crippen LogP) is 5.36. The van der Waals surface area contributed by atoms with Crippen molar-refractivity contribution in [3.05, 3.63) is 94.9 Å². The second kappa shape index (κ2) is 8.09. The maximum absolute atomic E-state index is 11.7. The number of primary sulfonamides is 1. The van der Waals surface area contributed by atoms with Gasteiger partial charge in [-0.15, -0.1) is 11.3 Å². The van der Waals surface area contributed by atoms with Crippen LogP contribution >= 0.6 is 11.3 Å². The zero-order valence-corrected chi connectivity index (χ0v) is 18.9. The number of sulfonamides is 1. The van der Waals surface area contributed by atoms with Crippen molar-refractivity contribution in [3.63, 3.8) is 0 Å².